The van der Waals surface area contributed by atoms with Gasteiger partial charge in [-0.05, 0) is 24.7 Å². The molecule has 21 heavy (non-hydrogen) atoms. The first-order chi connectivity index (χ1) is 9.72. The topological polar surface area (TPSA) is 54.2 Å². The molecule has 114 valence electrons. The Bertz CT molecular complexity index is 575. The van der Waals surface area contributed by atoms with E-state index < -0.39 is 0 Å². The third kappa shape index (κ3) is 3.78. The van der Waals surface area contributed by atoms with E-state index >= 15 is 0 Å². The molecular weight excluding hydrogens is 295 g/mol. The van der Waals surface area contributed by atoms with Crippen molar-refractivity contribution in [2.24, 2.45) is 0 Å². The third-order valence-electron chi connectivity index (χ3n) is 3.56. The fraction of sp³-hybridized carbons (Fsp3) is 0.429. The van der Waals surface area contributed by atoms with E-state index in [1.807, 2.05) is 0 Å². The standard InChI is InChI=1S/C14H17FN4O.ClH/c1-19-7-6-16-9-12(19)14-17-13(20-18-14)8-10-2-4-11(15)5-3-10;/h2-5,12,16H,6-9H2,1H3;1H. The lowest BCUT2D eigenvalue weighted by molar-refractivity contribution is 0.190. The van der Waals surface area contributed by atoms with Gasteiger partial charge in [-0.3, -0.25) is 4.90 Å². The average molecular weight is 313 g/mol. The van der Waals surface area contributed by atoms with E-state index in [2.05, 4.69) is 27.4 Å². The molecule has 0 amide bonds. The molecule has 1 fully saturated rings. The van der Waals surface area contributed by atoms with E-state index in [1.54, 1.807) is 12.1 Å². The summed E-state index contributed by atoms with van der Waals surface area (Å²) in [6.07, 6.45) is 0.525. The van der Waals surface area contributed by atoms with Crippen LogP contribution in [0.2, 0.25) is 0 Å². The van der Waals surface area contributed by atoms with Gasteiger partial charge >= 0.3 is 0 Å². The van der Waals surface area contributed by atoms with E-state index in [9.17, 15) is 4.39 Å². The maximum Gasteiger partial charge on any atom is 0.231 e. The van der Waals surface area contributed by atoms with Gasteiger partial charge in [0.05, 0.1) is 12.5 Å². The molecule has 0 spiro atoms. The Hall–Kier alpha value is -1.50. The smallest absolute Gasteiger partial charge is 0.231 e. The van der Waals surface area contributed by atoms with Crippen LogP contribution >= 0.6 is 12.4 Å². The van der Waals surface area contributed by atoms with Gasteiger partial charge in [-0.2, -0.15) is 4.98 Å². The van der Waals surface area contributed by atoms with Crippen LogP contribution in [0.1, 0.15) is 23.3 Å². The van der Waals surface area contributed by atoms with Gasteiger partial charge in [0.2, 0.25) is 5.89 Å². The third-order valence-corrected chi connectivity index (χ3v) is 3.56. The first-order valence-corrected chi connectivity index (χ1v) is 6.70. The van der Waals surface area contributed by atoms with Gasteiger partial charge in [0, 0.05) is 19.6 Å². The van der Waals surface area contributed by atoms with Crippen LogP contribution in [0.4, 0.5) is 4.39 Å². The molecule has 1 aromatic carbocycles. The van der Waals surface area contributed by atoms with Crippen molar-refractivity contribution in [2.75, 3.05) is 26.7 Å². The zero-order chi connectivity index (χ0) is 13.9. The zero-order valence-corrected chi connectivity index (χ0v) is 12.6. The average Bonchev–Trinajstić information content (AvgIpc) is 2.90. The number of nitrogens with one attached hydrogen (secondary N) is 1. The van der Waals surface area contributed by atoms with Gasteiger partial charge in [0.25, 0.3) is 0 Å². The number of hydrogen-bond donors (Lipinski definition) is 1. The van der Waals surface area contributed by atoms with Gasteiger partial charge in [0.15, 0.2) is 5.82 Å². The van der Waals surface area contributed by atoms with Crippen LogP contribution in [-0.4, -0.2) is 41.7 Å². The summed E-state index contributed by atoms with van der Waals surface area (Å²) in [6, 6.07) is 6.48. The molecule has 2 aromatic rings. The number of hydrogen-bond acceptors (Lipinski definition) is 5. The van der Waals surface area contributed by atoms with Crippen molar-refractivity contribution in [1.29, 1.82) is 0 Å². The summed E-state index contributed by atoms with van der Waals surface area (Å²) in [7, 11) is 2.06. The van der Waals surface area contributed by atoms with Crippen LogP contribution < -0.4 is 5.32 Å². The lowest BCUT2D eigenvalue weighted by Crippen LogP contribution is -2.44. The second-order valence-electron chi connectivity index (χ2n) is 5.05. The molecule has 2 heterocycles. The van der Waals surface area contributed by atoms with E-state index in [1.165, 1.54) is 12.1 Å². The fourth-order valence-electron chi connectivity index (χ4n) is 2.35. The van der Waals surface area contributed by atoms with Crippen molar-refractivity contribution in [3.63, 3.8) is 0 Å². The SMILES string of the molecule is CN1CCNCC1c1noc(Cc2ccc(F)cc2)n1.Cl. The molecule has 7 heteroatoms. The van der Waals surface area contributed by atoms with E-state index in [-0.39, 0.29) is 24.3 Å². The van der Waals surface area contributed by atoms with Crippen molar-refractivity contribution in [2.45, 2.75) is 12.5 Å². The Kier molecular flexibility index (Phi) is 5.27. The predicted molar refractivity (Wildman–Crippen MR) is 79.0 cm³/mol. The number of aromatic nitrogens is 2. The van der Waals surface area contributed by atoms with Crippen LogP contribution in [0.3, 0.4) is 0 Å². The number of likely N-dealkylation sites (N-methyl/N-ethyl adjacent to an activating group) is 1. The Morgan fingerprint density at radius 1 is 1.38 bits per heavy atom. The molecule has 3 rings (SSSR count). The van der Waals surface area contributed by atoms with Gasteiger partial charge in [-0.1, -0.05) is 17.3 Å². The quantitative estimate of drug-likeness (QED) is 0.936. The summed E-state index contributed by atoms with van der Waals surface area (Å²) in [6.45, 7) is 2.77. The Balaban J connectivity index is 0.00000161. The molecule has 0 aliphatic carbocycles. The number of benzene rings is 1. The second-order valence-corrected chi connectivity index (χ2v) is 5.05. The summed E-state index contributed by atoms with van der Waals surface area (Å²) >= 11 is 0. The highest BCUT2D eigenvalue weighted by atomic mass is 35.5. The van der Waals surface area contributed by atoms with Crippen LogP contribution in [0, 0.1) is 5.82 Å². The Labute approximate surface area is 128 Å². The highest BCUT2D eigenvalue weighted by Gasteiger charge is 2.25. The van der Waals surface area contributed by atoms with Crippen molar-refractivity contribution in [3.8, 4) is 0 Å². The molecule has 1 aromatic heterocycles. The van der Waals surface area contributed by atoms with Crippen LogP contribution in [0.5, 0.6) is 0 Å². The maximum atomic E-state index is 12.9. The van der Waals surface area contributed by atoms with Crippen molar-refractivity contribution in [3.05, 3.63) is 47.4 Å². The minimum absolute atomic E-state index is 0. The summed E-state index contributed by atoms with van der Waals surface area (Å²) in [5.74, 6) is 1.03. The largest absolute Gasteiger partial charge is 0.339 e. The molecule has 5 nitrogen and oxygen atoms in total. The number of nitrogens with zero attached hydrogens (tertiary/aromatic N) is 3. The van der Waals surface area contributed by atoms with Crippen LogP contribution in [0.15, 0.2) is 28.8 Å². The van der Waals surface area contributed by atoms with Crippen molar-refractivity contribution >= 4 is 12.4 Å². The van der Waals surface area contributed by atoms with Crippen molar-refractivity contribution in [1.82, 2.24) is 20.4 Å². The minimum atomic E-state index is -0.241. The number of halogens is 2. The molecule has 0 radical (unpaired) electrons. The van der Waals surface area contributed by atoms with E-state index in [4.69, 9.17) is 4.52 Å². The van der Waals surface area contributed by atoms with E-state index in [0.29, 0.717) is 18.1 Å². The monoisotopic (exact) mass is 312 g/mol. The molecule has 1 aliphatic rings. The normalized spacial score (nSPS) is 19.2. The van der Waals surface area contributed by atoms with Gasteiger partial charge in [-0.15, -0.1) is 12.4 Å². The highest BCUT2D eigenvalue weighted by molar-refractivity contribution is 5.85. The first kappa shape index (κ1) is 15.9. The summed E-state index contributed by atoms with van der Waals surface area (Å²) in [5.41, 5.74) is 0.955. The van der Waals surface area contributed by atoms with Crippen LogP contribution in [0.25, 0.3) is 0 Å². The summed E-state index contributed by atoms with van der Waals surface area (Å²) in [4.78, 5) is 6.66. The molecule has 1 unspecified atom stereocenters. The minimum Gasteiger partial charge on any atom is -0.339 e. The van der Waals surface area contributed by atoms with Crippen molar-refractivity contribution < 1.29 is 8.91 Å². The highest BCUT2D eigenvalue weighted by Crippen LogP contribution is 2.18. The Morgan fingerprint density at radius 3 is 2.86 bits per heavy atom. The maximum absolute atomic E-state index is 12.9. The molecule has 1 saturated heterocycles. The van der Waals surface area contributed by atoms with Crippen LogP contribution in [-0.2, 0) is 6.42 Å². The summed E-state index contributed by atoms with van der Waals surface area (Å²) < 4.78 is 18.1. The fourth-order valence-corrected chi connectivity index (χ4v) is 2.35. The zero-order valence-electron chi connectivity index (χ0n) is 11.8. The van der Waals surface area contributed by atoms with Gasteiger partial charge in [-0.25, -0.2) is 4.39 Å². The number of piperazine rings is 1. The lowest BCUT2D eigenvalue weighted by Gasteiger charge is -2.30. The molecule has 1 atom stereocenters. The molecule has 0 bridgehead atoms. The first-order valence-electron chi connectivity index (χ1n) is 6.70. The van der Waals surface area contributed by atoms with Gasteiger partial charge < -0.3 is 9.84 Å². The molecular formula is C14H18ClFN4O. The molecule has 0 saturated carbocycles. The lowest BCUT2D eigenvalue weighted by atomic mass is 10.1. The second kappa shape index (κ2) is 6.98. The summed E-state index contributed by atoms with van der Waals surface area (Å²) in [5, 5.41) is 7.39. The van der Waals surface area contributed by atoms with E-state index in [0.717, 1.165) is 25.2 Å². The molecule has 1 aliphatic heterocycles. The van der Waals surface area contributed by atoms with Gasteiger partial charge in [0.1, 0.15) is 5.82 Å². The molecule has 1 N–H and O–H groups in total. The Morgan fingerprint density at radius 2 is 2.14 bits per heavy atom. The predicted octanol–water partition coefficient (Wildman–Crippen LogP) is 1.80. The number of rotatable bonds is 3.